The largest absolute Gasteiger partial charge is 0.498 e. The van der Waals surface area contributed by atoms with Crippen molar-refractivity contribution >= 4 is 24.6 Å². The zero-order chi connectivity index (χ0) is 26.0. The zero-order valence-corrected chi connectivity index (χ0v) is 22.2. The number of hydrogen-bond acceptors (Lipinski definition) is 8. The van der Waals surface area contributed by atoms with E-state index in [4.69, 9.17) is 18.8 Å². The minimum absolute atomic E-state index is 0.136. The van der Waals surface area contributed by atoms with Crippen LogP contribution in [-0.4, -0.2) is 76.5 Å². The molecule has 0 aromatic carbocycles. The lowest BCUT2D eigenvalue weighted by molar-refractivity contribution is -0.135. The second-order valence-electron chi connectivity index (χ2n) is 11.4. The standard InChI is InChI=1S/C24H39BN4O6/c1-16(28-21(31)33-22(2,3)4)19(30)29-11-9-10-17(14-29)15-32-20-26-12-18(13-27-20)25-34-23(5,6)24(7,8)35-25/h12-13,16-17H,9-11,14-15H2,1-8H3,(H,28,31)/t16-,17+/m0/s1. The average Bonchev–Trinajstić information content (AvgIpc) is 2.97. The Labute approximate surface area is 208 Å². The molecule has 2 aliphatic rings. The molecule has 3 rings (SSSR count). The van der Waals surface area contributed by atoms with E-state index in [-0.39, 0.29) is 17.8 Å². The fourth-order valence-corrected chi connectivity index (χ4v) is 3.92. The molecule has 35 heavy (non-hydrogen) atoms. The molecule has 1 aromatic heterocycles. The van der Waals surface area contributed by atoms with Gasteiger partial charge in [0.15, 0.2) is 0 Å². The molecule has 2 amide bonds. The summed E-state index contributed by atoms with van der Waals surface area (Å²) < 4.78 is 23.1. The molecule has 0 bridgehead atoms. The molecule has 10 nitrogen and oxygen atoms in total. The number of alkyl carbamates (subject to hydrolysis) is 1. The molecule has 1 aromatic rings. The third-order valence-electron chi connectivity index (χ3n) is 6.56. The summed E-state index contributed by atoms with van der Waals surface area (Å²) in [4.78, 5) is 35.2. The molecular weight excluding hydrogens is 451 g/mol. The van der Waals surface area contributed by atoms with E-state index in [9.17, 15) is 9.59 Å². The van der Waals surface area contributed by atoms with Crippen LogP contribution in [0.25, 0.3) is 0 Å². The molecule has 0 unspecified atom stereocenters. The van der Waals surface area contributed by atoms with Crippen molar-refractivity contribution < 1.29 is 28.4 Å². The van der Waals surface area contributed by atoms with E-state index in [1.54, 1.807) is 45.0 Å². The molecule has 2 atom stereocenters. The van der Waals surface area contributed by atoms with E-state index in [1.807, 2.05) is 27.7 Å². The zero-order valence-electron chi connectivity index (χ0n) is 22.2. The highest BCUT2D eigenvalue weighted by Gasteiger charge is 2.52. The van der Waals surface area contributed by atoms with Crippen LogP contribution < -0.4 is 15.5 Å². The second-order valence-corrected chi connectivity index (χ2v) is 11.4. The Hall–Kier alpha value is -2.40. The van der Waals surface area contributed by atoms with Gasteiger partial charge in [0.05, 0.1) is 17.8 Å². The first-order chi connectivity index (χ1) is 16.2. The van der Waals surface area contributed by atoms with Crippen LogP contribution in [-0.2, 0) is 18.8 Å². The van der Waals surface area contributed by atoms with Crippen molar-refractivity contribution in [2.24, 2.45) is 5.92 Å². The Morgan fingerprint density at radius 1 is 1.20 bits per heavy atom. The van der Waals surface area contributed by atoms with Crippen LogP contribution >= 0.6 is 0 Å². The summed E-state index contributed by atoms with van der Waals surface area (Å²) in [5.74, 6) is 0.0105. The summed E-state index contributed by atoms with van der Waals surface area (Å²) >= 11 is 0. The van der Waals surface area contributed by atoms with Gasteiger partial charge in [0, 0.05) is 36.9 Å². The van der Waals surface area contributed by atoms with Crippen molar-refractivity contribution in [1.82, 2.24) is 20.2 Å². The fourth-order valence-electron chi connectivity index (χ4n) is 3.92. The van der Waals surface area contributed by atoms with Gasteiger partial charge in [-0.15, -0.1) is 0 Å². The number of likely N-dealkylation sites (tertiary alicyclic amines) is 1. The monoisotopic (exact) mass is 490 g/mol. The van der Waals surface area contributed by atoms with Crippen LogP contribution in [0.1, 0.15) is 68.2 Å². The van der Waals surface area contributed by atoms with Gasteiger partial charge in [0.25, 0.3) is 0 Å². The summed E-state index contributed by atoms with van der Waals surface area (Å²) in [5, 5.41) is 2.62. The molecule has 2 aliphatic heterocycles. The maximum absolute atomic E-state index is 12.8. The van der Waals surface area contributed by atoms with Gasteiger partial charge in [0.2, 0.25) is 5.91 Å². The predicted octanol–water partition coefficient (Wildman–Crippen LogP) is 2.31. The van der Waals surface area contributed by atoms with E-state index in [2.05, 4.69) is 15.3 Å². The summed E-state index contributed by atoms with van der Waals surface area (Å²) in [7, 11) is -0.525. The third kappa shape index (κ3) is 7.07. The average molecular weight is 490 g/mol. The summed E-state index contributed by atoms with van der Waals surface area (Å²) in [6.45, 7) is 16.6. The van der Waals surface area contributed by atoms with Gasteiger partial charge in [-0.3, -0.25) is 4.79 Å². The number of hydrogen-bond donors (Lipinski definition) is 1. The number of carbonyl (C=O) groups is 2. The molecule has 0 saturated carbocycles. The molecule has 3 heterocycles. The van der Waals surface area contributed by atoms with Gasteiger partial charge in [-0.2, -0.15) is 0 Å². The molecule has 0 radical (unpaired) electrons. The van der Waals surface area contributed by atoms with Crippen LogP contribution in [0.5, 0.6) is 6.01 Å². The number of ether oxygens (including phenoxy) is 2. The Morgan fingerprint density at radius 3 is 2.37 bits per heavy atom. The number of piperidine rings is 1. The van der Waals surface area contributed by atoms with Crippen molar-refractivity contribution in [3.63, 3.8) is 0 Å². The molecule has 11 heteroatoms. The Morgan fingerprint density at radius 2 is 1.80 bits per heavy atom. The summed E-state index contributed by atoms with van der Waals surface area (Å²) in [5.41, 5.74) is -0.754. The third-order valence-corrected chi connectivity index (χ3v) is 6.56. The minimum Gasteiger partial charge on any atom is -0.463 e. The lowest BCUT2D eigenvalue weighted by Gasteiger charge is -2.34. The highest BCUT2D eigenvalue weighted by Crippen LogP contribution is 2.36. The molecule has 1 N–H and O–H groups in total. The first kappa shape index (κ1) is 27.2. The number of rotatable bonds is 6. The van der Waals surface area contributed by atoms with Crippen molar-refractivity contribution in [2.75, 3.05) is 19.7 Å². The number of nitrogens with zero attached hydrogens (tertiary/aromatic N) is 3. The number of carbonyl (C=O) groups excluding carboxylic acids is 2. The van der Waals surface area contributed by atoms with Gasteiger partial charge < -0.3 is 29.0 Å². The molecule has 2 saturated heterocycles. The van der Waals surface area contributed by atoms with Crippen molar-refractivity contribution in [3.8, 4) is 6.01 Å². The lowest BCUT2D eigenvalue weighted by atomic mass is 9.81. The van der Waals surface area contributed by atoms with E-state index < -0.39 is 36.1 Å². The quantitative estimate of drug-likeness (QED) is 0.605. The van der Waals surface area contributed by atoms with Gasteiger partial charge in [-0.1, -0.05) is 0 Å². The highest BCUT2D eigenvalue weighted by molar-refractivity contribution is 6.61. The van der Waals surface area contributed by atoms with Crippen molar-refractivity contribution in [2.45, 2.75) is 91.1 Å². The molecule has 2 fully saturated rings. The minimum atomic E-state index is -0.671. The van der Waals surface area contributed by atoms with E-state index in [1.165, 1.54) is 0 Å². The summed E-state index contributed by atoms with van der Waals surface area (Å²) in [6.07, 6.45) is 4.51. The van der Waals surface area contributed by atoms with E-state index in [0.717, 1.165) is 18.3 Å². The number of aromatic nitrogens is 2. The maximum atomic E-state index is 12.8. The maximum Gasteiger partial charge on any atom is 0.498 e. The van der Waals surface area contributed by atoms with Crippen LogP contribution in [0.3, 0.4) is 0 Å². The first-order valence-corrected chi connectivity index (χ1v) is 12.3. The first-order valence-electron chi connectivity index (χ1n) is 12.3. The van der Waals surface area contributed by atoms with Gasteiger partial charge >= 0.3 is 19.2 Å². The molecule has 0 aliphatic carbocycles. The van der Waals surface area contributed by atoms with Crippen LogP contribution in [0.4, 0.5) is 4.79 Å². The molecule has 0 spiro atoms. The SMILES string of the molecule is C[C@H](NC(=O)OC(C)(C)C)C(=O)N1CCC[C@@H](COc2ncc(B3OC(C)(C)C(C)(C)O3)cn2)C1. The summed E-state index contributed by atoms with van der Waals surface area (Å²) in [6, 6.07) is -0.399. The number of amides is 2. The molecule has 194 valence electrons. The van der Waals surface area contributed by atoms with Crippen LogP contribution in [0.15, 0.2) is 12.4 Å². The Kier molecular flexibility index (Phi) is 8.01. The van der Waals surface area contributed by atoms with Gasteiger partial charge in [-0.05, 0) is 68.2 Å². The highest BCUT2D eigenvalue weighted by atomic mass is 16.7. The van der Waals surface area contributed by atoms with Crippen molar-refractivity contribution in [1.29, 1.82) is 0 Å². The predicted molar refractivity (Wildman–Crippen MR) is 131 cm³/mol. The van der Waals surface area contributed by atoms with E-state index in [0.29, 0.717) is 19.7 Å². The lowest BCUT2D eigenvalue weighted by Crippen LogP contribution is -2.51. The Bertz CT molecular complexity index is 886. The van der Waals surface area contributed by atoms with Crippen molar-refractivity contribution in [3.05, 3.63) is 12.4 Å². The van der Waals surface area contributed by atoms with E-state index >= 15 is 0 Å². The Balaban J connectivity index is 1.48. The number of nitrogens with one attached hydrogen (secondary N) is 1. The normalized spacial score (nSPS) is 22.5. The second kappa shape index (κ2) is 10.3. The van der Waals surface area contributed by atoms with Gasteiger partial charge in [0.1, 0.15) is 11.6 Å². The topological polar surface area (TPSA) is 112 Å². The molecular formula is C24H39BN4O6. The van der Waals surface area contributed by atoms with Gasteiger partial charge in [-0.25, -0.2) is 14.8 Å². The van der Waals surface area contributed by atoms with Crippen LogP contribution in [0, 0.1) is 5.92 Å². The smallest absolute Gasteiger partial charge is 0.463 e. The fraction of sp³-hybridized carbons (Fsp3) is 0.750. The van der Waals surface area contributed by atoms with Crippen LogP contribution in [0.2, 0.25) is 0 Å².